The first-order chi connectivity index (χ1) is 11.6. The first-order valence-electron chi connectivity index (χ1n) is 7.87. The average molecular weight is 366 g/mol. The molecule has 2 aromatic heterocycles. The Bertz CT molecular complexity index is 824. The summed E-state index contributed by atoms with van der Waals surface area (Å²) in [4.78, 5) is 31.2. The molecule has 1 amide bonds. The maximum atomic E-state index is 12.4. The summed E-state index contributed by atoms with van der Waals surface area (Å²) in [7, 11) is 0. The zero-order valence-electron chi connectivity index (χ0n) is 12.9. The molecule has 1 atom stereocenters. The third kappa shape index (κ3) is 2.99. The zero-order chi connectivity index (χ0) is 16.7. The molecule has 8 heteroatoms. The summed E-state index contributed by atoms with van der Waals surface area (Å²) in [6.45, 7) is 1.21. The molecular formula is C16H16ClN3O3S. The fraction of sp³-hybridized carbons (Fsp3) is 0.438. The first-order valence-corrected chi connectivity index (χ1v) is 9.12. The van der Waals surface area contributed by atoms with Crippen LogP contribution in [0.3, 0.4) is 0 Å². The predicted octanol–water partition coefficient (Wildman–Crippen LogP) is 2.27. The van der Waals surface area contributed by atoms with E-state index in [0.29, 0.717) is 30.5 Å². The van der Waals surface area contributed by atoms with Gasteiger partial charge in [0.15, 0.2) is 15.9 Å². The lowest BCUT2D eigenvalue weighted by Gasteiger charge is -2.31. The predicted molar refractivity (Wildman–Crippen MR) is 91.2 cm³/mol. The number of fused-ring (bicyclic) bond motifs is 1. The van der Waals surface area contributed by atoms with Gasteiger partial charge in [0.25, 0.3) is 0 Å². The van der Waals surface area contributed by atoms with E-state index in [-0.39, 0.29) is 17.6 Å². The van der Waals surface area contributed by atoms with Crippen molar-refractivity contribution in [2.75, 3.05) is 19.7 Å². The molecule has 2 fully saturated rings. The van der Waals surface area contributed by atoms with Gasteiger partial charge >= 0.3 is 0 Å². The number of thiazole rings is 1. The van der Waals surface area contributed by atoms with Crippen molar-refractivity contribution in [2.24, 2.45) is 5.92 Å². The fourth-order valence-electron chi connectivity index (χ4n) is 2.83. The van der Waals surface area contributed by atoms with Crippen LogP contribution in [0.5, 0.6) is 0 Å². The van der Waals surface area contributed by atoms with Crippen molar-refractivity contribution >= 4 is 45.7 Å². The molecule has 2 aromatic rings. The van der Waals surface area contributed by atoms with Gasteiger partial charge in [-0.3, -0.25) is 14.0 Å². The molecule has 24 heavy (non-hydrogen) atoms. The number of hydrogen-bond donors (Lipinski definition) is 0. The van der Waals surface area contributed by atoms with Crippen LogP contribution in [0.25, 0.3) is 11.0 Å². The minimum Gasteiger partial charge on any atom is -0.367 e. The number of imidazole rings is 1. The van der Waals surface area contributed by atoms with Crippen molar-refractivity contribution in [3.8, 4) is 0 Å². The molecule has 0 N–H and O–H groups in total. The van der Waals surface area contributed by atoms with Gasteiger partial charge in [-0.05, 0) is 18.9 Å². The number of halogens is 1. The molecule has 1 unspecified atom stereocenters. The highest BCUT2D eigenvalue weighted by atomic mass is 35.5. The standard InChI is InChI=1S/C16H16ClN3O3S/c17-15-11(20-6-8-24-16(20)18-15)3-4-13(21)19-5-7-23-12(9-19)14(22)10-1-2-10/h3-4,6,8,10,12H,1-2,5,7,9H2/b4-3+. The second-order valence-electron chi connectivity index (χ2n) is 6.00. The lowest BCUT2D eigenvalue weighted by molar-refractivity contribution is -0.144. The van der Waals surface area contributed by atoms with Gasteiger partial charge in [-0.15, -0.1) is 11.3 Å². The molecule has 0 spiro atoms. The number of hydrogen-bond acceptors (Lipinski definition) is 5. The Morgan fingerprint density at radius 2 is 2.25 bits per heavy atom. The summed E-state index contributed by atoms with van der Waals surface area (Å²) >= 11 is 7.60. The molecule has 1 saturated carbocycles. The van der Waals surface area contributed by atoms with Crippen LogP contribution in [0.2, 0.25) is 5.15 Å². The van der Waals surface area contributed by atoms with E-state index < -0.39 is 6.10 Å². The zero-order valence-corrected chi connectivity index (χ0v) is 14.4. The Morgan fingerprint density at radius 3 is 3.04 bits per heavy atom. The summed E-state index contributed by atoms with van der Waals surface area (Å²) in [5.74, 6) is 0.126. The van der Waals surface area contributed by atoms with E-state index in [0.717, 1.165) is 17.8 Å². The molecular weight excluding hydrogens is 350 g/mol. The molecule has 0 bridgehead atoms. The van der Waals surface area contributed by atoms with Crippen molar-refractivity contribution < 1.29 is 14.3 Å². The second kappa shape index (κ2) is 6.31. The van der Waals surface area contributed by atoms with E-state index in [1.54, 1.807) is 11.0 Å². The minimum atomic E-state index is -0.481. The number of aromatic nitrogens is 2. The number of ether oxygens (including phenoxy) is 1. The quantitative estimate of drug-likeness (QED) is 0.780. The van der Waals surface area contributed by atoms with Crippen molar-refractivity contribution in [1.29, 1.82) is 0 Å². The fourth-order valence-corrected chi connectivity index (χ4v) is 3.84. The van der Waals surface area contributed by atoms with Gasteiger partial charge < -0.3 is 9.64 Å². The van der Waals surface area contributed by atoms with Crippen LogP contribution in [-0.2, 0) is 14.3 Å². The molecule has 4 rings (SSSR count). The van der Waals surface area contributed by atoms with Gasteiger partial charge in [0.1, 0.15) is 6.10 Å². The highest BCUT2D eigenvalue weighted by Crippen LogP contribution is 2.32. The molecule has 126 valence electrons. The van der Waals surface area contributed by atoms with Crippen LogP contribution >= 0.6 is 22.9 Å². The normalized spacial score (nSPS) is 21.7. The number of nitrogens with zero attached hydrogens (tertiary/aromatic N) is 3. The minimum absolute atomic E-state index is 0.135. The largest absolute Gasteiger partial charge is 0.367 e. The van der Waals surface area contributed by atoms with Crippen LogP contribution < -0.4 is 0 Å². The molecule has 1 aliphatic heterocycles. The van der Waals surface area contributed by atoms with Crippen LogP contribution in [0, 0.1) is 5.92 Å². The van der Waals surface area contributed by atoms with Gasteiger partial charge in [-0.25, -0.2) is 4.98 Å². The lowest BCUT2D eigenvalue weighted by atomic mass is 10.1. The van der Waals surface area contributed by atoms with Crippen LogP contribution in [0.1, 0.15) is 18.5 Å². The molecule has 0 radical (unpaired) electrons. The van der Waals surface area contributed by atoms with Crippen LogP contribution in [0.15, 0.2) is 17.7 Å². The SMILES string of the molecule is O=C(C1CC1)C1CN(C(=O)/C=C/c2c(Cl)nc3sccn23)CCO1. The number of amides is 1. The monoisotopic (exact) mass is 365 g/mol. The summed E-state index contributed by atoms with van der Waals surface area (Å²) in [5, 5.41) is 2.28. The Hall–Kier alpha value is -1.70. The Kier molecular flexibility index (Phi) is 4.15. The highest BCUT2D eigenvalue weighted by molar-refractivity contribution is 7.15. The van der Waals surface area contributed by atoms with E-state index in [9.17, 15) is 9.59 Å². The van der Waals surface area contributed by atoms with E-state index in [1.807, 2.05) is 16.0 Å². The van der Waals surface area contributed by atoms with E-state index in [2.05, 4.69) is 4.98 Å². The summed E-state index contributed by atoms with van der Waals surface area (Å²) < 4.78 is 7.38. The van der Waals surface area contributed by atoms with Gasteiger partial charge in [0.05, 0.1) is 18.8 Å². The van der Waals surface area contributed by atoms with Crippen LogP contribution in [-0.4, -0.2) is 51.8 Å². The maximum absolute atomic E-state index is 12.4. The number of ketones is 1. The number of carbonyl (C=O) groups is 2. The number of rotatable bonds is 4. The van der Waals surface area contributed by atoms with E-state index in [4.69, 9.17) is 16.3 Å². The van der Waals surface area contributed by atoms with Gasteiger partial charge in [0, 0.05) is 30.1 Å². The van der Waals surface area contributed by atoms with Gasteiger partial charge in [-0.2, -0.15) is 0 Å². The Morgan fingerprint density at radius 1 is 1.42 bits per heavy atom. The van der Waals surface area contributed by atoms with Gasteiger partial charge in [0.2, 0.25) is 5.91 Å². The average Bonchev–Trinajstić information content (AvgIpc) is 3.27. The molecule has 3 heterocycles. The third-order valence-corrected chi connectivity index (χ3v) is 5.35. The van der Waals surface area contributed by atoms with E-state index in [1.165, 1.54) is 17.4 Å². The third-order valence-electron chi connectivity index (χ3n) is 4.31. The Balaban J connectivity index is 1.46. The molecule has 1 aliphatic carbocycles. The van der Waals surface area contributed by atoms with Crippen LogP contribution in [0.4, 0.5) is 0 Å². The smallest absolute Gasteiger partial charge is 0.246 e. The van der Waals surface area contributed by atoms with Crippen molar-refractivity contribution in [3.05, 3.63) is 28.5 Å². The highest BCUT2D eigenvalue weighted by Gasteiger charge is 2.38. The van der Waals surface area contributed by atoms with Crippen molar-refractivity contribution in [3.63, 3.8) is 0 Å². The molecule has 0 aromatic carbocycles. The molecule has 1 saturated heterocycles. The second-order valence-corrected chi connectivity index (χ2v) is 7.23. The van der Waals surface area contributed by atoms with Crippen molar-refractivity contribution in [1.82, 2.24) is 14.3 Å². The van der Waals surface area contributed by atoms with E-state index >= 15 is 0 Å². The Labute approximate surface area is 147 Å². The number of morpholine rings is 1. The summed E-state index contributed by atoms with van der Waals surface area (Å²) in [6, 6.07) is 0. The number of carbonyl (C=O) groups excluding carboxylic acids is 2. The van der Waals surface area contributed by atoms with Crippen molar-refractivity contribution in [2.45, 2.75) is 18.9 Å². The topological polar surface area (TPSA) is 63.9 Å². The van der Waals surface area contributed by atoms with Gasteiger partial charge in [-0.1, -0.05) is 11.6 Å². The lowest BCUT2D eigenvalue weighted by Crippen LogP contribution is -2.48. The maximum Gasteiger partial charge on any atom is 0.246 e. The summed E-state index contributed by atoms with van der Waals surface area (Å²) in [6.07, 6.45) is 6.43. The first kappa shape index (κ1) is 15.8. The molecule has 2 aliphatic rings. The summed E-state index contributed by atoms with van der Waals surface area (Å²) in [5.41, 5.74) is 0.681. The molecule has 6 nitrogen and oxygen atoms in total. The number of Topliss-reactive ketones (excluding diaryl/α,β-unsaturated/α-hetero) is 1.